The number of ether oxygens (including phenoxy) is 1. The Bertz CT molecular complexity index is 985. The van der Waals surface area contributed by atoms with Crippen molar-refractivity contribution >= 4 is 12.1 Å². The maximum Gasteiger partial charge on any atom is 0.275 e. The van der Waals surface area contributed by atoms with Gasteiger partial charge in [0.15, 0.2) is 0 Å². The molecule has 1 heterocycles. The summed E-state index contributed by atoms with van der Waals surface area (Å²) in [6.45, 7) is 6.16. The van der Waals surface area contributed by atoms with E-state index in [4.69, 9.17) is 4.74 Å². The molecule has 0 saturated heterocycles. The van der Waals surface area contributed by atoms with Crippen LogP contribution in [-0.2, 0) is 0 Å². The summed E-state index contributed by atoms with van der Waals surface area (Å²) in [5.74, 6) is 0.207. The Hall–Kier alpha value is -3.34. The molecule has 3 rings (SSSR count). The summed E-state index contributed by atoms with van der Waals surface area (Å²) in [6, 6.07) is 17.5. The van der Waals surface area contributed by atoms with E-state index in [-0.39, 0.29) is 5.91 Å². The van der Waals surface area contributed by atoms with E-state index in [2.05, 4.69) is 53.2 Å². The van der Waals surface area contributed by atoms with Gasteiger partial charge in [-0.25, -0.2) is 5.43 Å². The molecule has 0 saturated carbocycles. The third kappa shape index (κ3) is 3.92. The van der Waals surface area contributed by atoms with Gasteiger partial charge < -0.3 is 9.30 Å². The highest BCUT2D eigenvalue weighted by molar-refractivity contribution is 5.97. The molecule has 0 fully saturated rings. The smallest absolute Gasteiger partial charge is 0.275 e. The highest BCUT2D eigenvalue weighted by Gasteiger charge is 2.11. The highest BCUT2D eigenvalue weighted by Crippen LogP contribution is 2.20. The van der Waals surface area contributed by atoms with Crippen molar-refractivity contribution in [3.63, 3.8) is 0 Å². The number of aryl methyl sites for hydroxylation is 2. The normalized spacial score (nSPS) is 11.0. The van der Waals surface area contributed by atoms with Crippen molar-refractivity contribution < 1.29 is 9.53 Å². The summed E-state index contributed by atoms with van der Waals surface area (Å²) in [7, 11) is 1.54. The van der Waals surface area contributed by atoms with Gasteiger partial charge in [0.25, 0.3) is 5.91 Å². The van der Waals surface area contributed by atoms with Crippen LogP contribution in [0.1, 0.15) is 32.9 Å². The van der Waals surface area contributed by atoms with Crippen molar-refractivity contribution in [2.45, 2.75) is 20.8 Å². The molecule has 0 radical (unpaired) electrons. The number of benzene rings is 2. The lowest BCUT2D eigenvalue weighted by Crippen LogP contribution is -2.18. The molecule has 0 aliphatic carbocycles. The first-order valence-electron chi connectivity index (χ1n) is 8.73. The Balaban J connectivity index is 1.79. The van der Waals surface area contributed by atoms with Crippen molar-refractivity contribution in [2.24, 2.45) is 5.10 Å². The molecule has 27 heavy (non-hydrogen) atoms. The lowest BCUT2D eigenvalue weighted by molar-refractivity contribution is 0.0952. The molecule has 0 aliphatic rings. The van der Waals surface area contributed by atoms with Crippen molar-refractivity contribution in [3.8, 4) is 11.4 Å². The zero-order valence-electron chi connectivity index (χ0n) is 16.0. The minimum Gasteiger partial charge on any atom is -0.496 e. The molecule has 1 N–H and O–H groups in total. The Morgan fingerprint density at radius 2 is 1.78 bits per heavy atom. The zero-order valence-corrected chi connectivity index (χ0v) is 16.0. The lowest BCUT2D eigenvalue weighted by atomic mass is 10.2. The van der Waals surface area contributed by atoms with Gasteiger partial charge in [-0.05, 0) is 51.1 Å². The van der Waals surface area contributed by atoms with Gasteiger partial charge in [-0.1, -0.05) is 29.8 Å². The van der Waals surface area contributed by atoms with Crippen LogP contribution in [0.15, 0.2) is 59.7 Å². The molecule has 0 bridgehead atoms. The highest BCUT2D eigenvalue weighted by atomic mass is 16.5. The standard InChI is InChI=1S/C22H23N3O2/c1-15-9-11-19(12-10-15)25-16(2)13-18(17(25)3)14-23-24-22(26)20-7-5-6-8-21(20)27-4/h5-14H,1-4H3,(H,24,26)/b23-14-. The number of carbonyl (C=O) groups excluding carboxylic acids is 1. The van der Waals surface area contributed by atoms with Gasteiger partial charge in [-0.3, -0.25) is 4.79 Å². The second kappa shape index (κ2) is 7.91. The number of para-hydroxylation sites is 1. The van der Waals surface area contributed by atoms with Gasteiger partial charge in [-0.2, -0.15) is 5.10 Å². The molecular weight excluding hydrogens is 338 g/mol. The fourth-order valence-corrected chi connectivity index (χ4v) is 3.06. The number of nitrogens with one attached hydrogen (secondary N) is 1. The predicted molar refractivity (Wildman–Crippen MR) is 108 cm³/mol. The Morgan fingerprint density at radius 1 is 1.07 bits per heavy atom. The van der Waals surface area contributed by atoms with Crippen LogP contribution in [0.3, 0.4) is 0 Å². The molecule has 0 aliphatic heterocycles. The maximum atomic E-state index is 12.3. The summed E-state index contributed by atoms with van der Waals surface area (Å²) in [4.78, 5) is 12.3. The summed E-state index contributed by atoms with van der Waals surface area (Å²) in [5.41, 5.74) is 8.46. The van der Waals surface area contributed by atoms with Crippen LogP contribution in [0.5, 0.6) is 5.75 Å². The number of hydrogen-bond acceptors (Lipinski definition) is 3. The van der Waals surface area contributed by atoms with Crippen LogP contribution in [0, 0.1) is 20.8 Å². The molecule has 5 heteroatoms. The number of carbonyl (C=O) groups is 1. The van der Waals surface area contributed by atoms with Crippen molar-refractivity contribution in [3.05, 3.63) is 82.7 Å². The average molecular weight is 361 g/mol. The third-order valence-electron chi connectivity index (χ3n) is 4.48. The molecule has 2 aromatic carbocycles. The maximum absolute atomic E-state index is 12.3. The van der Waals surface area contributed by atoms with Crippen LogP contribution in [-0.4, -0.2) is 23.8 Å². The van der Waals surface area contributed by atoms with Gasteiger partial charge in [0.2, 0.25) is 0 Å². The molecule has 0 atom stereocenters. The van der Waals surface area contributed by atoms with Crippen molar-refractivity contribution in [2.75, 3.05) is 7.11 Å². The molecule has 0 unspecified atom stereocenters. The number of amides is 1. The van der Waals surface area contributed by atoms with E-state index in [0.717, 1.165) is 22.6 Å². The van der Waals surface area contributed by atoms with E-state index in [1.807, 2.05) is 19.1 Å². The Kier molecular flexibility index (Phi) is 5.41. The monoisotopic (exact) mass is 361 g/mol. The van der Waals surface area contributed by atoms with Crippen molar-refractivity contribution in [1.29, 1.82) is 0 Å². The second-order valence-electron chi connectivity index (χ2n) is 6.40. The van der Waals surface area contributed by atoms with E-state index in [0.29, 0.717) is 11.3 Å². The molecule has 3 aromatic rings. The van der Waals surface area contributed by atoms with E-state index < -0.39 is 0 Å². The zero-order chi connectivity index (χ0) is 19.4. The van der Waals surface area contributed by atoms with Crippen LogP contribution >= 0.6 is 0 Å². The lowest BCUT2D eigenvalue weighted by Gasteiger charge is -2.09. The van der Waals surface area contributed by atoms with Crippen LogP contribution in [0.25, 0.3) is 5.69 Å². The van der Waals surface area contributed by atoms with Crippen molar-refractivity contribution in [1.82, 2.24) is 9.99 Å². The summed E-state index contributed by atoms with van der Waals surface area (Å²) in [5, 5.41) is 4.12. The Morgan fingerprint density at radius 3 is 2.48 bits per heavy atom. The first-order valence-corrected chi connectivity index (χ1v) is 8.73. The van der Waals surface area contributed by atoms with Crippen LogP contribution in [0.4, 0.5) is 0 Å². The topological polar surface area (TPSA) is 55.6 Å². The number of aromatic nitrogens is 1. The van der Waals surface area contributed by atoms with Gasteiger partial charge in [0, 0.05) is 22.6 Å². The fourth-order valence-electron chi connectivity index (χ4n) is 3.06. The Labute approximate surface area is 159 Å². The summed E-state index contributed by atoms with van der Waals surface area (Å²) < 4.78 is 7.38. The summed E-state index contributed by atoms with van der Waals surface area (Å²) >= 11 is 0. The van der Waals surface area contributed by atoms with Gasteiger partial charge in [0.05, 0.1) is 18.9 Å². The third-order valence-corrected chi connectivity index (χ3v) is 4.48. The van der Waals surface area contributed by atoms with Crippen LogP contribution < -0.4 is 10.2 Å². The number of hydrogen-bond donors (Lipinski definition) is 1. The first-order chi connectivity index (χ1) is 13.0. The van der Waals surface area contributed by atoms with E-state index in [9.17, 15) is 4.79 Å². The second-order valence-corrected chi connectivity index (χ2v) is 6.40. The quantitative estimate of drug-likeness (QED) is 0.548. The first kappa shape index (κ1) is 18.5. The molecule has 0 spiro atoms. The number of nitrogens with zero attached hydrogens (tertiary/aromatic N) is 2. The largest absolute Gasteiger partial charge is 0.496 e. The van der Waals surface area contributed by atoms with E-state index in [1.165, 1.54) is 12.7 Å². The number of methoxy groups -OCH3 is 1. The minimum absolute atomic E-state index is 0.309. The molecule has 5 nitrogen and oxygen atoms in total. The fraction of sp³-hybridized carbons (Fsp3) is 0.182. The van der Waals surface area contributed by atoms with Gasteiger partial charge >= 0.3 is 0 Å². The number of rotatable bonds is 5. The summed E-state index contributed by atoms with van der Waals surface area (Å²) in [6.07, 6.45) is 1.67. The van der Waals surface area contributed by atoms with Gasteiger partial charge in [-0.15, -0.1) is 0 Å². The van der Waals surface area contributed by atoms with Gasteiger partial charge in [0.1, 0.15) is 5.75 Å². The SMILES string of the molecule is COc1ccccc1C(=O)N/N=C\c1cc(C)n(-c2ccc(C)cc2)c1C. The minimum atomic E-state index is -0.309. The predicted octanol–water partition coefficient (Wildman–Crippen LogP) is 4.18. The molecule has 1 amide bonds. The molecule has 1 aromatic heterocycles. The van der Waals surface area contributed by atoms with Crippen LogP contribution in [0.2, 0.25) is 0 Å². The molecule has 138 valence electrons. The van der Waals surface area contributed by atoms with E-state index in [1.54, 1.807) is 24.4 Å². The molecular formula is C22H23N3O2. The number of hydrazone groups is 1. The average Bonchev–Trinajstić information content (AvgIpc) is 2.96. The van der Waals surface area contributed by atoms with E-state index >= 15 is 0 Å².